The van der Waals surface area contributed by atoms with Crippen LogP contribution in [0, 0.1) is 5.92 Å². The molecule has 7 heteroatoms. The molecule has 1 aromatic rings. The predicted molar refractivity (Wildman–Crippen MR) is 88.1 cm³/mol. The Kier molecular flexibility index (Phi) is 5.90. The van der Waals surface area contributed by atoms with Gasteiger partial charge in [0, 0.05) is 45.8 Å². The number of aromatic nitrogens is 2. The van der Waals surface area contributed by atoms with E-state index in [9.17, 15) is 9.59 Å². The third-order valence-electron chi connectivity index (χ3n) is 3.89. The highest BCUT2D eigenvalue weighted by Crippen LogP contribution is 2.09. The van der Waals surface area contributed by atoms with E-state index in [4.69, 9.17) is 0 Å². The van der Waals surface area contributed by atoms with Crippen molar-refractivity contribution < 1.29 is 9.59 Å². The van der Waals surface area contributed by atoms with Gasteiger partial charge in [-0.05, 0) is 18.4 Å². The third kappa shape index (κ3) is 4.91. The van der Waals surface area contributed by atoms with Gasteiger partial charge in [-0.2, -0.15) is 0 Å². The van der Waals surface area contributed by atoms with Crippen molar-refractivity contribution in [1.29, 1.82) is 0 Å². The number of carbonyl (C=O) groups is 2. The number of anilines is 1. The van der Waals surface area contributed by atoms with Gasteiger partial charge < -0.3 is 15.1 Å². The molecule has 0 saturated carbocycles. The molecule has 0 spiro atoms. The highest BCUT2D eigenvalue weighted by molar-refractivity contribution is 5.92. The summed E-state index contributed by atoms with van der Waals surface area (Å²) >= 11 is 0. The monoisotopic (exact) mass is 319 g/mol. The topological polar surface area (TPSA) is 78.4 Å². The second kappa shape index (κ2) is 7.89. The third-order valence-corrected chi connectivity index (χ3v) is 3.89. The van der Waals surface area contributed by atoms with Crippen LogP contribution in [-0.4, -0.2) is 64.3 Å². The van der Waals surface area contributed by atoms with Gasteiger partial charge in [0.25, 0.3) is 5.91 Å². The summed E-state index contributed by atoms with van der Waals surface area (Å²) in [6.07, 6.45) is 2.62. The molecule has 7 nitrogen and oxygen atoms in total. The molecule has 0 aliphatic carbocycles. The van der Waals surface area contributed by atoms with Crippen LogP contribution in [0.2, 0.25) is 0 Å². The molecule has 0 radical (unpaired) electrons. The number of nitrogens with zero attached hydrogens (tertiary/aromatic N) is 4. The fourth-order valence-corrected chi connectivity index (χ4v) is 2.42. The van der Waals surface area contributed by atoms with Crippen LogP contribution in [-0.2, 0) is 4.79 Å². The summed E-state index contributed by atoms with van der Waals surface area (Å²) in [4.78, 5) is 35.8. The Labute approximate surface area is 137 Å². The van der Waals surface area contributed by atoms with E-state index in [1.165, 1.54) is 0 Å². The van der Waals surface area contributed by atoms with E-state index in [-0.39, 0.29) is 11.8 Å². The van der Waals surface area contributed by atoms with Crippen LogP contribution in [0.1, 0.15) is 37.7 Å². The largest absolute Gasteiger partial charge is 0.354 e. The predicted octanol–water partition coefficient (Wildman–Crippen LogP) is 1.24. The van der Waals surface area contributed by atoms with Gasteiger partial charge in [0.15, 0.2) is 0 Å². The van der Waals surface area contributed by atoms with E-state index in [2.05, 4.69) is 29.1 Å². The minimum atomic E-state index is -0.109. The molecular weight excluding hydrogens is 294 g/mol. The van der Waals surface area contributed by atoms with Crippen molar-refractivity contribution in [3.8, 4) is 0 Å². The quantitative estimate of drug-likeness (QED) is 0.883. The maximum atomic E-state index is 12.5. The van der Waals surface area contributed by atoms with E-state index < -0.39 is 0 Å². The molecule has 0 bridgehead atoms. The molecule has 1 aromatic heterocycles. The minimum Gasteiger partial charge on any atom is -0.354 e. The number of hydrogen-bond acceptors (Lipinski definition) is 5. The minimum absolute atomic E-state index is 0.0516. The van der Waals surface area contributed by atoms with Crippen LogP contribution in [0.5, 0.6) is 0 Å². The fourth-order valence-electron chi connectivity index (χ4n) is 2.42. The van der Waals surface area contributed by atoms with Crippen LogP contribution in [0.3, 0.4) is 0 Å². The number of nitrogens with one attached hydrogen (secondary N) is 1. The van der Waals surface area contributed by atoms with Crippen molar-refractivity contribution in [2.75, 3.05) is 38.0 Å². The Balaban J connectivity index is 1.93. The second-order valence-corrected chi connectivity index (χ2v) is 6.17. The first-order valence-electron chi connectivity index (χ1n) is 8.09. The van der Waals surface area contributed by atoms with Crippen molar-refractivity contribution in [3.05, 3.63) is 18.0 Å². The smallest absolute Gasteiger partial charge is 0.272 e. The SMILES string of the molecule is CC(=O)N1CCN(C(=O)c2ccnc(NCCC(C)C)n2)CC1. The lowest BCUT2D eigenvalue weighted by molar-refractivity contribution is -0.130. The number of carbonyl (C=O) groups excluding carboxylic acids is 2. The van der Waals surface area contributed by atoms with Gasteiger partial charge in [-0.15, -0.1) is 0 Å². The fraction of sp³-hybridized carbons (Fsp3) is 0.625. The van der Waals surface area contributed by atoms with Gasteiger partial charge >= 0.3 is 0 Å². The van der Waals surface area contributed by atoms with Gasteiger partial charge in [0.2, 0.25) is 11.9 Å². The molecule has 1 aliphatic rings. The van der Waals surface area contributed by atoms with Gasteiger partial charge in [-0.25, -0.2) is 9.97 Å². The number of amides is 2. The first-order chi connectivity index (χ1) is 11.0. The first kappa shape index (κ1) is 17.2. The highest BCUT2D eigenvalue weighted by Gasteiger charge is 2.24. The van der Waals surface area contributed by atoms with E-state index in [1.807, 2.05) is 0 Å². The van der Waals surface area contributed by atoms with E-state index in [0.29, 0.717) is 43.7 Å². The van der Waals surface area contributed by atoms with E-state index in [0.717, 1.165) is 13.0 Å². The average molecular weight is 319 g/mol. The Morgan fingerprint density at radius 3 is 2.48 bits per heavy atom. The zero-order valence-corrected chi connectivity index (χ0v) is 14.1. The number of hydrogen-bond donors (Lipinski definition) is 1. The highest BCUT2D eigenvalue weighted by atomic mass is 16.2. The molecular formula is C16H25N5O2. The molecule has 2 rings (SSSR count). The summed E-state index contributed by atoms with van der Waals surface area (Å²) in [5, 5.41) is 3.15. The van der Waals surface area contributed by atoms with Crippen molar-refractivity contribution >= 4 is 17.8 Å². The zero-order chi connectivity index (χ0) is 16.8. The molecule has 0 atom stereocenters. The Morgan fingerprint density at radius 1 is 1.22 bits per heavy atom. The summed E-state index contributed by atoms with van der Waals surface area (Å²) in [5.74, 6) is 1.03. The summed E-state index contributed by atoms with van der Waals surface area (Å²) < 4.78 is 0. The maximum absolute atomic E-state index is 12.5. The van der Waals surface area contributed by atoms with Gasteiger partial charge in [-0.3, -0.25) is 9.59 Å². The van der Waals surface area contributed by atoms with Crippen molar-refractivity contribution in [2.45, 2.75) is 27.2 Å². The number of piperazine rings is 1. The summed E-state index contributed by atoms with van der Waals surface area (Å²) in [6.45, 7) is 8.88. The van der Waals surface area contributed by atoms with Crippen LogP contribution < -0.4 is 5.32 Å². The Morgan fingerprint density at radius 2 is 1.87 bits per heavy atom. The van der Waals surface area contributed by atoms with Crippen molar-refractivity contribution in [3.63, 3.8) is 0 Å². The molecule has 1 fully saturated rings. The second-order valence-electron chi connectivity index (χ2n) is 6.17. The van der Waals surface area contributed by atoms with E-state index in [1.54, 1.807) is 29.0 Å². The average Bonchev–Trinajstić information content (AvgIpc) is 2.54. The molecule has 0 unspecified atom stereocenters. The normalized spacial score (nSPS) is 15.0. The Bertz CT molecular complexity index is 553. The van der Waals surface area contributed by atoms with Crippen molar-refractivity contribution in [2.24, 2.45) is 5.92 Å². The molecule has 0 aromatic carbocycles. The lowest BCUT2D eigenvalue weighted by Crippen LogP contribution is -2.50. The zero-order valence-electron chi connectivity index (χ0n) is 14.1. The van der Waals surface area contributed by atoms with Crippen LogP contribution in [0.25, 0.3) is 0 Å². The number of rotatable bonds is 5. The molecule has 1 N–H and O–H groups in total. The molecule has 1 aliphatic heterocycles. The van der Waals surface area contributed by atoms with Gasteiger partial charge in [-0.1, -0.05) is 13.8 Å². The molecule has 2 amide bonds. The molecule has 2 heterocycles. The Hall–Kier alpha value is -2.18. The lowest BCUT2D eigenvalue weighted by atomic mass is 10.1. The lowest BCUT2D eigenvalue weighted by Gasteiger charge is -2.34. The van der Waals surface area contributed by atoms with Gasteiger partial charge in [0.1, 0.15) is 5.69 Å². The summed E-state index contributed by atoms with van der Waals surface area (Å²) in [5.41, 5.74) is 0.392. The van der Waals surface area contributed by atoms with Crippen molar-refractivity contribution in [1.82, 2.24) is 19.8 Å². The summed E-state index contributed by atoms with van der Waals surface area (Å²) in [6, 6.07) is 1.63. The van der Waals surface area contributed by atoms with Gasteiger partial charge in [0.05, 0.1) is 0 Å². The standard InChI is InChI=1S/C16H25N5O2/c1-12(2)4-6-17-16-18-7-5-14(19-16)15(23)21-10-8-20(9-11-21)13(3)22/h5,7,12H,4,6,8-11H2,1-3H3,(H,17,18,19). The first-order valence-corrected chi connectivity index (χ1v) is 8.09. The van der Waals surface area contributed by atoms with Crippen LogP contribution in [0.4, 0.5) is 5.95 Å². The van der Waals surface area contributed by atoms with Crippen LogP contribution >= 0.6 is 0 Å². The molecule has 23 heavy (non-hydrogen) atoms. The molecule has 126 valence electrons. The van der Waals surface area contributed by atoms with Crippen LogP contribution in [0.15, 0.2) is 12.3 Å². The van der Waals surface area contributed by atoms with E-state index >= 15 is 0 Å². The maximum Gasteiger partial charge on any atom is 0.272 e. The summed E-state index contributed by atoms with van der Waals surface area (Å²) in [7, 11) is 0. The molecule has 1 saturated heterocycles.